The lowest BCUT2D eigenvalue weighted by Gasteiger charge is -2.25. The molecule has 0 amide bonds. The summed E-state index contributed by atoms with van der Waals surface area (Å²) in [6, 6.07) is 0. The molecule has 1 saturated heterocycles. The quantitative estimate of drug-likeness (QED) is 0.496. The molecule has 16 heavy (non-hydrogen) atoms. The fourth-order valence-corrected chi connectivity index (χ4v) is 2.00. The molecule has 1 fully saturated rings. The standard InChI is InChI=1S/C13H24O3/c1-4-6-9-15-13(10-14)8-7-12(16-13)11(3)5-2/h10-12H,4-9H2,1-3H3. The number of hydrogen-bond donors (Lipinski definition) is 0. The second-order valence-corrected chi connectivity index (χ2v) is 4.71. The van der Waals surface area contributed by atoms with Gasteiger partial charge in [0, 0.05) is 6.42 Å². The van der Waals surface area contributed by atoms with E-state index in [4.69, 9.17) is 9.47 Å². The van der Waals surface area contributed by atoms with Crippen molar-refractivity contribution in [3.63, 3.8) is 0 Å². The molecule has 1 aliphatic rings. The lowest BCUT2D eigenvalue weighted by atomic mass is 9.99. The Hall–Kier alpha value is -0.410. The van der Waals surface area contributed by atoms with Crippen LogP contribution in [0.2, 0.25) is 0 Å². The van der Waals surface area contributed by atoms with Crippen LogP contribution in [0.5, 0.6) is 0 Å². The monoisotopic (exact) mass is 228 g/mol. The van der Waals surface area contributed by atoms with Crippen LogP contribution in [0.15, 0.2) is 0 Å². The molecule has 1 rings (SSSR count). The Kier molecular flexibility index (Phi) is 5.42. The molecule has 0 aromatic heterocycles. The van der Waals surface area contributed by atoms with Crippen molar-refractivity contribution >= 4 is 6.29 Å². The molecule has 1 aliphatic heterocycles. The topological polar surface area (TPSA) is 35.5 Å². The summed E-state index contributed by atoms with van der Waals surface area (Å²) < 4.78 is 11.4. The van der Waals surface area contributed by atoms with Gasteiger partial charge in [-0.1, -0.05) is 33.6 Å². The maximum absolute atomic E-state index is 11.1. The molecule has 0 bridgehead atoms. The Morgan fingerprint density at radius 3 is 2.88 bits per heavy atom. The Balaban J connectivity index is 2.46. The molecule has 3 unspecified atom stereocenters. The summed E-state index contributed by atoms with van der Waals surface area (Å²) in [6.45, 7) is 7.03. The maximum Gasteiger partial charge on any atom is 0.226 e. The van der Waals surface area contributed by atoms with Crippen molar-refractivity contribution in [2.45, 2.75) is 64.8 Å². The number of rotatable bonds is 7. The summed E-state index contributed by atoms with van der Waals surface area (Å²) in [7, 11) is 0. The SMILES string of the molecule is CCCCOC1(C=O)CCC(C(C)CC)O1. The average molecular weight is 228 g/mol. The second-order valence-electron chi connectivity index (χ2n) is 4.71. The first kappa shape index (κ1) is 13.7. The van der Waals surface area contributed by atoms with Crippen molar-refractivity contribution < 1.29 is 14.3 Å². The van der Waals surface area contributed by atoms with Crippen LogP contribution in [-0.2, 0) is 14.3 Å². The van der Waals surface area contributed by atoms with Gasteiger partial charge in [-0.05, 0) is 18.8 Å². The molecule has 94 valence electrons. The van der Waals surface area contributed by atoms with Gasteiger partial charge in [0.15, 0.2) is 6.29 Å². The van der Waals surface area contributed by atoms with Gasteiger partial charge in [0.25, 0.3) is 0 Å². The molecule has 3 atom stereocenters. The molecule has 0 aliphatic carbocycles. The smallest absolute Gasteiger partial charge is 0.226 e. The fourth-order valence-electron chi connectivity index (χ4n) is 2.00. The summed E-state index contributed by atoms with van der Waals surface area (Å²) in [5.74, 6) is -0.444. The highest BCUT2D eigenvalue weighted by Gasteiger charge is 2.42. The zero-order valence-corrected chi connectivity index (χ0v) is 10.7. The predicted octanol–water partition coefficient (Wildman–Crippen LogP) is 2.92. The number of carbonyl (C=O) groups is 1. The summed E-state index contributed by atoms with van der Waals surface area (Å²) in [4.78, 5) is 11.1. The van der Waals surface area contributed by atoms with Crippen LogP contribution in [0, 0.1) is 5.92 Å². The Labute approximate surface area is 98.5 Å². The number of unbranched alkanes of at least 4 members (excludes halogenated alkanes) is 1. The minimum absolute atomic E-state index is 0.178. The van der Waals surface area contributed by atoms with E-state index in [1.54, 1.807) is 0 Å². The molecule has 0 radical (unpaired) electrons. The van der Waals surface area contributed by atoms with Gasteiger partial charge in [-0.25, -0.2) is 0 Å². The van der Waals surface area contributed by atoms with Crippen molar-refractivity contribution in [2.75, 3.05) is 6.61 Å². The van der Waals surface area contributed by atoms with Crippen LogP contribution >= 0.6 is 0 Å². The summed E-state index contributed by atoms with van der Waals surface area (Å²) >= 11 is 0. The van der Waals surface area contributed by atoms with Crippen LogP contribution in [0.1, 0.15) is 52.9 Å². The minimum atomic E-state index is -0.941. The van der Waals surface area contributed by atoms with E-state index < -0.39 is 5.79 Å². The summed E-state index contributed by atoms with van der Waals surface area (Å²) in [5.41, 5.74) is 0. The third kappa shape index (κ3) is 3.29. The Morgan fingerprint density at radius 1 is 1.56 bits per heavy atom. The van der Waals surface area contributed by atoms with Crippen molar-refractivity contribution in [3.05, 3.63) is 0 Å². The normalized spacial score (nSPS) is 31.6. The highest BCUT2D eigenvalue weighted by Crippen LogP contribution is 2.34. The highest BCUT2D eigenvalue weighted by molar-refractivity contribution is 5.60. The molecule has 0 saturated carbocycles. The van der Waals surface area contributed by atoms with Crippen LogP contribution in [0.3, 0.4) is 0 Å². The fraction of sp³-hybridized carbons (Fsp3) is 0.923. The molecule has 3 nitrogen and oxygen atoms in total. The first-order valence-corrected chi connectivity index (χ1v) is 6.45. The van der Waals surface area contributed by atoms with Gasteiger partial charge in [-0.2, -0.15) is 0 Å². The van der Waals surface area contributed by atoms with E-state index in [1.165, 1.54) is 0 Å². The molecule has 0 aromatic carbocycles. The van der Waals surface area contributed by atoms with E-state index in [0.717, 1.165) is 32.0 Å². The van der Waals surface area contributed by atoms with Gasteiger partial charge in [0.05, 0.1) is 12.7 Å². The van der Waals surface area contributed by atoms with Crippen molar-refractivity contribution in [1.29, 1.82) is 0 Å². The van der Waals surface area contributed by atoms with E-state index in [0.29, 0.717) is 18.9 Å². The first-order chi connectivity index (χ1) is 7.67. The Morgan fingerprint density at radius 2 is 2.31 bits per heavy atom. The van der Waals surface area contributed by atoms with Crippen LogP contribution in [-0.4, -0.2) is 24.8 Å². The van der Waals surface area contributed by atoms with Gasteiger partial charge in [-0.3, -0.25) is 4.79 Å². The van der Waals surface area contributed by atoms with E-state index in [-0.39, 0.29) is 6.10 Å². The third-order valence-corrected chi connectivity index (χ3v) is 3.43. The van der Waals surface area contributed by atoms with Crippen molar-refractivity contribution in [2.24, 2.45) is 5.92 Å². The predicted molar refractivity (Wildman–Crippen MR) is 63.2 cm³/mol. The molecular formula is C13H24O3. The number of ether oxygens (including phenoxy) is 2. The van der Waals surface area contributed by atoms with Crippen molar-refractivity contribution in [3.8, 4) is 0 Å². The van der Waals surface area contributed by atoms with E-state index in [2.05, 4.69) is 20.8 Å². The zero-order chi connectivity index (χ0) is 12.0. The number of aldehydes is 1. The van der Waals surface area contributed by atoms with Gasteiger partial charge in [0.2, 0.25) is 5.79 Å². The molecule has 0 aromatic rings. The lowest BCUT2D eigenvalue weighted by molar-refractivity contribution is -0.216. The maximum atomic E-state index is 11.1. The van der Waals surface area contributed by atoms with Crippen LogP contribution in [0.4, 0.5) is 0 Å². The summed E-state index contributed by atoms with van der Waals surface area (Å²) in [6.07, 6.45) is 5.78. The Bertz CT molecular complexity index is 217. The molecule has 0 N–H and O–H groups in total. The first-order valence-electron chi connectivity index (χ1n) is 6.45. The van der Waals surface area contributed by atoms with Gasteiger partial charge in [0.1, 0.15) is 0 Å². The minimum Gasteiger partial charge on any atom is -0.344 e. The van der Waals surface area contributed by atoms with Gasteiger partial charge >= 0.3 is 0 Å². The largest absolute Gasteiger partial charge is 0.344 e. The number of carbonyl (C=O) groups excluding carboxylic acids is 1. The highest BCUT2D eigenvalue weighted by atomic mass is 16.7. The van der Waals surface area contributed by atoms with E-state index in [1.807, 2.05) is 0 Å². The molecule has 0 spiro atoms. The number of hydrogen-bond acceptors (Lipinski definition) is 3. The molecule has 1 heterocycles. The van der Waals surface area contributed by atoms with E-state index in [9.17, 15) is 4.79 Å². The van der Waals surface area contributed by atoms with Crippen LogP contribution in [0.25, 0.3) is 0 Å². The van der Waals surface area contributed by atoms with Gasteiger partial charge in [-0.15, -0.1) is 0 Å². The second kappa shape index (κ2) is 6.36. The van der Waals surface area contributed by atoms with Crippen LogP contribution < -0.4 is 0 Å². The van der Waals surface area contributed by atoms with Crippen molar-refractivity contribution in [1.82, 2.24) is 0 Å². The molecular weight excluding hydrogens is 204 g/mol. The van der Waals surface area contributed by atoms with E-state index >= 15 is 0 Å². The summed E-state index contributed by atoms with van der Waals surface area (Å²) in [5, 5.41) is 0. The molecule has 3 heteroatoms. The third-order valence-electron chi connectivity index (χ3n) is 3.43. The average Bonchev–Trinajstić information content (AvgIpc) is 2.74. The van der Waals surface area contributed by atoms with Gasteiger partial charge < -0.3 is 9.47 Å². The lowest BCUT2D eigenvalue weighted by Crippen LogP contribution is -2.36. The zero-order valence-electron chi connectivity index (χ0n) is 10.7.